The number of nitrogens with one attached hydrogen (secondary N) is 1. The average Bonchev–Trinajstić information content (AvgIpc) is 3.08. The Balaban J connectivity index is 1.57. The first-order valence-electron chi connectivity index (χ1n) is 10.8. The monoisotopic (exact) mass is 438 g/mol. The van der Waals surface area contributed by atoms with Crippen molar-refractivity contribution in [3.8, 4) is 0 Å². The molecule has 1 N–H and O–H groups in total. The molecule has 1 saturated heterocycles. The van der Waals surface area contributed by atoms with Crippen LogP contribution in [0.4, 0.5) is 4.79 Å². The van der Waals surface area contributed by atoms with Crippen LogP contribution in [-0.4, -0.2) is 63.1 Å². The quantitative estimate of drug-likeness (QED) is 0.706. The zero-order valence-electron chi connectivity index (χ0n) is 18.1. The molecule has 1 aliphatic carbocycles. The summed E-state index contributed by atoms with van der Waals surface area (Å²) in [5.74, 6) is 0.565. The van der Waals surface area contributed by atoms with Gasteiger partial charge >= 0.3 is 6.09 Å². The van der Waals surface area contributed by atoms with Gasteiger partial charge in [0.25, 0.3) is 0 Å². The second-order valence-electron chi connectivity index (χ2n) is 8.70. The molecule has 2 aliphatic rings. The summed E-state index contributed by atoms with van der Waals surface area (Å²) in [6.07, 6.45) is 5.26. The van der Waals surface area contributed by atoms with Crippen LogP contribution in [-0.2, 0) is 19.5 Å². The first-order valence-corrected chi connectivity index (χ1v) is 12.7. The van der Waals surface area contributed by atoms with E-state index in [1.807, 2.05) is 6.07 Å². The molecule has 0 unspecified atom stereocenters. The molecular weight excluding hydrogens is 404 g/mol. The van der Waals surface area contributed by atoms with E-state index in [2.05, 4.69) is 29.0 Å². The maximum Gasteiger partial charge on any atom is 0.410 e. The first-order chi connectivity index (χ1) is 14.2. The van der Waals surface area contributed by atoms with Gasteiger partial charge in [0, 0.05) is 12.6 Å². The van der Waals surface area contributed by atoms with Gasteiger partial charge in [0.2, 0.25) is 10.0 Å². The van der Waals surface area contributed by atoms with Crippen molar-refractivity contribution in [2.45, 2.75) is 76.2 Å². The summed E-state index contributed by atoms with van der Waals surface area (Å²) in [6.45, 7) is 4.36. The molecule has 0 radical (unpaired) electrons. The summed E-state index contributed by atoms with van der Waals surface area (Å²) < 4.78 is 37.8. The number of hydrogen-bond acceptors (Lipinski definition) is 5. The Morgan fingerprint density at radius 2 is 1.80 bits per heavy atom. The van der Waals surface area contributed by atoms with Crippen molar-refractivity contribution in [2.75, 3.05) is 19.4 Å². The van der Waals surface area contributed by atoms with Crippen molar-refractivity contribution >= 4 is 16.1 Å². The summed E-state index contributed by atoms with van der Waals surface area (Å²) in [5.41, 5.74) is 1.38. The summed E-state index contributed by atoms with van der Waals surface area (Å²) in [7, 11) is -3.38. The fraction of sp³-hybridized carbons (Fsp3) is 0.682. The molecule has 1 amide bonds. The minimum absolute atomic E-state index is 0.132. The average molecular weight is 439 g/mol. The highest BCUT2D eigenvalue weighted by molar-refractivity contribution is 7.88. The van der Waals surface area contributed by atoms with Crippen LogP contribution in [0.25, 0.3) is 0 Å². The smallest absolute Gasteiger partial charge is 0.410 e. The van der Waals surface area contributed by atoms with Crippen molar-refractivity contribution in [1.29, 1.82) is 0 Å². The van der Waals surface area contributed by atoms with E-state index in [9.17, 15) is 13.2 Å². The summed E-state index contributed by atoms with van der Waals surface area (Å²) in [6, 6.07) is 9.85. The number of rotatable bonds is 7. The fourth-order valence-corrected chi connectivity index (χ4v) is 5.32. The highest BCUT2D eigenvalue weighted by atomic mass is 32.2. The van der Waals surface area contributed by atoms with Crippen LogP contribution < -0.4 is 4.72 Å². The van der Waals surface area contributed by atoms with Gasteiger partial charge in [0.1, 0.15) is 0 Å². The molecule has 1 heterocycles. The van der Waals surface area contributed by atoms with Crippen LogP contribution in [0.1, 0.15) is 57.4 Å². The predicted molar refractivity (Wildman–Crippen MR) is 116 cm³/mol. The number of nitrogens with zero attached hydrogens (tertiary/aromatic N) is 1. The van der Waals surface area contributed by atoms with Crippen molar-refractivity contribution < 1.29 is 22.7 Å². The van der Waals surface area contributed by atoms with Crippen LogP contribution in [0.15, 0.2) is 30.3 Å². The van der Waals surface area contributed by atoms with Gasteiger partial charge in [-0.25, -0.2) is 17.9 Å². The summed E-state index contributed by atoms with van der Waals surface area (Å²) >= 11 is 0. The van der Waals surface area contributed by atoms with Crippen LogP contribution in [0, 0.1) is 0 Å². The predicted octanol–water partition coefficient (Wildman–Crippen LogP) is 3.27. The van der Waals surface area contributed by atoms with Gasteiger partial charge in [-0.15, -0.1) is 0 Å². The van der Waals surface area contributed by atoms with Gasteiger partial charge in [0.05, 0.1) is 31.1 Å². The SMILES string of the molecule is CC(C)OC(=O)N1CC[C@H](NS(C)(=O)=O)[C@@H]1COC1CCC(c2ccccc2)CC1. The summed E-state index contributed by atoms with van der Waals surface area (Å²) in [4.78, 5) is 14.1. The molecule has 30 heavy (non-hydrogen) atoms. The van der Waals surface area contributed by atoms with Gasteiger partial charge in [-0.2, -0.15) is 0 Å². The van der Waals surface area contributed by atoms with Crippen molar-refractivity contribution in [2.24, 2.45) is 0 Å². The van der Waals surface area contributed by atoms with Crippen molar-refractivity contribution in [1.82, 2.24) is 9.62 Å². The molecule has 0 aromatic heterocycles. The van der Waals surface area contributed by atoms with E-state index in [-0.39, 0.29) is 24.3 Å². The largest absolute Gasteiger partial charge is 0.447 e. The lowest BCUT2D eigenvalue weighted by Gasteiger charge is -2.32. The third kappa shape index (κ3) is 6.43. The van der Waals surface area contributed by atoms with Gasteiger partial charge in [-0.05, 0) is 57.4 Å². The molecule has 1 aromatic carbocycles. The van der Waals surface area contributed by atoms with E-state index >= 15 is 0 Å². The third-order valence-electron chi connectivity index (χ3n) is 5.93. The molecule has 7 nitrogen and oxygen atoms in total. The highest BCUT2D eigenvalue weighted by Crippen LogP contribution is 2.34. The number of carbonyl (C=O) groups excluding carboxylic acids is 1. The van der Waals surface area contributed by atoms with Gasteiger partial charge < -0.3 is 14.4 Å². The minimum Gasteiger partial charge on any atom is -0.447 e. The van der Waals surface area contributed by atoms with Crippen LogP contribution in [0.5, 0.6) is 0 Å². The highest BCUT2D eigenvalue weighted by Gasteiger charge is 2.40. The maximum atomic E-state index is 12.5. The second kappa shape index (κ2) is 10.1. The Morgan fingerprint density at radius 1 is 1.13 bits per heavy atom. The lowest BCUT2D eigenvalue weighted by atomic mass is 9.83. The van der Waals surface area contributed by atoms with Crippen LogP contribution in [0.3, 0.4) is 0 Å². The summed E-state index contributed by atoms with van der Waals surface area (Å²) in [5, 5.41) is 0. The lowest BCUT2D eigenvalue weighted by molar-refractivity contribution is -0.00934. The third-order valence-corrected chi connectivity index (χ3v) is 6.66. The van der Waals surface area contributed by atoms with Crippen molar-refractivity contribution in [3.63, 3.8) is 0 Å². The number of hydrogen-bond donors (Lipinski definition) is 1. The van der Waals surface area contributed by atoms with E-state index in [4.69, 9.17) is 9.47 Å². The van der Waals surface area contributed by atoms with Crippen LogP contribution >= 0.6 is 0 Å². The number of sulfonamides is 1. The van der Waals surface area contributed by atoms with Crippen LogP contribution in [0.2, 0.25) is 0 Å². The Bertz CT molecular complexity index is 791. The first kappa shape index (κ1) is 23.0. The number of ether oxygens (including phenoxy) is 2. The van der Waals surface area contributed by atoms with E-state index in [1.54, 1.807) is 18.7 Å². The molecule has 2 fully saturated rings. The van der Waals surface area contributed by atoms with Gasteiger partial charge in [-0.1, -0.05) is 30.3 Å². The number of amides is 1. The Hall–Kier alpha value is -1.64. The Labute approximate surface area is 180 Å². The van der Waals surface area contributed by atoms with E-state index in [1.165, 1.54) is 5.56 Å². The standard InChI is InChI=1S/C22H34N2O5S/c1-16(2)29-22(25)24-14-13-20(23-30(3,26)27)21(24)15-28-19-11-9-18(10-12-19)17-7-5-4-6-8-17/h4-8,16,18-21,23H,9-15H2,1-3H3/t18?,19?,20-,21-/m0/s1. The van der Waals surface area contributed by atoms with Gasteiger partial charge in [0.15, 0.2) is 0 Å². The zero-order valence-corrected chi connectivity index (χ0v) is 18.9. The Kier molecular flexibility index (Phi) is 7.76. The number of likely N-dealkylation sites (tertiary alicyclic amines) is 1. The zero-order chi connectivity index (χ0) is 21.7. The van der Waals surface area contributed by atoms with E-state index < -0.39 is 16.1 Å². The molecule has 2 atom stereocenters. The van der Waals surface area contributed by atoms with E-state index in [0.717, 1.165) is 31.9 Å². The normalized spacial score (nSPS) is 27.4. The number of benzene rings is 1. The molecule has 1 aromatic rings. The molecule has 168 valence electrons. The molecule has 0 spiro atoms. The molecule has 1 saturated carbocycles. The fourth-order valence-electron chi connectivity index (χ4n) is 4.49. The number of carbonyl (C=O) groups is 1. The van der Waals surface area contributed by atoms with Crippen molar-refractivity contribution in [3.05, 3.63) is 35.9 Å². The molecule has 8 heteroatoms. The van der Waals surface area contributed by atoms with Gasteiger partial charge in [-0.3, -0.25) is 0 Å². The topological polar surface area (TPSA) is 84.9 Å². The molecule has 0 bridgehead atoms. The van der Waals surface area contributed by atoms with E-state index in [0.29, 0.717) is 25.5 Å². The molecule has 1 aliphatic heterocycles. The lowest BCUT2D eigenvalue weighted by Crippen LogP contribution is -2.49. The second-order valence-corrected chi connectivity index (χ2v) is 10.5. The molecular formula is C22H34N2O5S. The minimum atomic E-state index is -3.38. The maximum absolute atomic E-state index is 12.5. The molecule has 3 rings (SSSR count). The Morgan fingerprint density at radius 3 is 2.40 bits per heavy atom.